The molecule has 4 nitrogen and oxygen atoms in total. The van der Waals surface area contributed by atoms with E-state index in [1.165, 1.54) is 12.1 Å². The van der Waals surface area contributed by atoms with Crippen molar-refractivity contribution in [3.63, 3.8) is 0 Å². The van der Waals surface area contributed by atoms with E-state index in [0.717, 1.165) is 0 Å². The second-order valence-electron chi connectivity index (χ2n) is 3.87. The van der Waals surface area contributed by atoms with E-state index in [4.69, 9.17) is 5.73 Å². The van der Waals surface area contributed by atoms with Gasteiger partial charge in [-0.25, -0.2) is 0 Å². The van der Waals surface area contributed by atoms with E-state index >= 15 is 0 Å². The lowest BCUT2D eigenvalue weighted by atomic mass is 10.2. The fourth-order valence-corrected chi connectivity index (χ4v) is 1.33. The third-order valence-electron chi connectivity index (χ3n) is 2.16. The van der Waals surface area contributed by atoms with Gasteiger partial charge in [0.05, 0.1) is 0 Å². The van der Waals surface area contributed by atoms with E-state index < -0.39 is 12.8 Å². The second-order valence-corrected chi connectivity index (χ2v) is 3.87. The Labute approximate surface area is 108 Å². The van der Waals surface area contributed by atoms with Crippen LogP contribution in [0.2, 0.25) is 0 Å². The molecule has 1 rings (SSSR count). The molecule has 0 aliphatic heterocycles. The van der Waals surface area contributed by atoms with E-state index in [1.807, 2.05) is 0 Å². The fourth-order valence-electron chi connectivity index (χ4n) is 1.33. The van der Waals surface area contributed by atoms with E-state index in [2.05, 4.69) is 10.1 Å². The van der Waals surface area contributed by atoms with Crippen molar-refractivity contribution in [3.05, 3.63) is 29.8 Å². The Balaban J connectivity index is 2.50. The topological polar surface area (TPSA) is 64.4 Å². The summed E-state index contributed by atoms with van der Waals surface area (Å²) < 4.78 is 40.6. The lowest BCUT2D eigenvalue weighted by molar-refractivity contribution is -0.153. The highest BCUT2D eigenvalue weighted by atomic mass is 19.4. The monoisotopic (exact) mass is 276 g/mol. The molecule has 1 amide bonds. The molecule has 0 fully saturated rings. The zero-order valence-corrected chi connectivity index (χ0v) is 10.2. The summed E-state index contributed by atoms with van der Waals surface area (Å²) in [4.78, 5) is 11.2. The van der Waals surface area contributed by atoms with Crippen molar-refractivity contribution in [1.29, 1.82) is 0 Å². The molecule has 3 N–H and O–H groups in total. The number of rotatable bonds is 6. The van der Waals surface area contributed by atoms with Crippen molar-refractivity contribution in [1.82, 2.24) is 5.32 Å². The summed E-state index contributed by atoms with van der Waals surface area (Å²) in [6.45, 7) is -0.862. The quantitative estimate of drug-likeness (QED) is 0.829. The number of carbonyl (C=O) groups is 1. The first-order chi connectivity index (χ1) is 8.90. The molecule has 0 saturated carbocycles. The molecule has 106 valence electrons. The maximum Gasteiger partial charge on any atom is 0.422 e. The van der Waals surface area contributed by atoms with Gasteiger partial charge in [-0.15, -0.1) is 0 Å². The average molecular weight is 276 g/mol. The van der Waals surface area contributed by atoms with Crippen molar-refractivity contribution in [3.8, 4) is 5.75 Å². The zero-order valence-electron chi connectivity index (χ0n) is 10.2. The molecule has 0 saturated heterocycles. The highest BCUT2D eigenvalue weighted by Crippen LogP contribution is 2.19. The van der Waals surface area contributed by atoms with Crippen LogP contribution in [0.4, 0.5) is 13.2 Å². The zero-order chi connectivity index (χ0) is 14.3. The van der Waals surface area contributed by atoms with E-state index in [-0.39, 0.29) is 31.2 Å². The predicted octanol–water partition coefficient (Wildman–Crippen LogP) is 1.59. The van der Waals surface area contributed by atoms with Gasteiger partial charge in [-0.1, -0.05) is 12.1 Å². The van der Waals surface area contributed by atoms with E-state index in [1.54, 1.807) is 12.1 Å². The molecular formula is C12H15F3N2O2. The minimum Gasteiger partial charge on any atom is -0.484 e. The molecule has 0 aliphatic carbocycles. The lowest BCUT2D eigenvalue weighted by Crippen LogP contribution is -2.25. The summed E-state index contributed by atoms with van der Waals surface area (Å²) >= 11 is 0. The third-order valence-corrected chi connectivity index (χ3v) is 2.16. The Morgan fingerprint density at radius 1 is 1.37 bits per heavy atom. The maximum absolute atomic E-state index is 12.0. The number of amides is 1. The number of carbonyl (C=O) groups excluding carboxylic acids is 1. The summed E-state index contributed by atoms with van der Waals surface area (Å²) in [5.74, 6) is -0.0907. The van der Waals surface area contributed by atoms with Crippen LogP contribution in [-0.2, 0) is 11.3 Å². The summed E-state index contributed by atoms with van der Waals surface area (Å²) in [6, 6.07) is 6.13. The number of halogens is 3. The first-order valence-corrected chi connectivity index (χ1v) is 5.66. The molecular weight excluding hydrogens is 261 g/mol. The van der Waals surface area contributed by atoms with Crippen molar-refractivity contribution in [2.45, 2.75) is 19.1 Å². The van der Waals surface area contributed by atoms with Crippen LogP contribution in [0.15, 0.2) is 24.3 Å². The first-order valence-electron chi connectivity index (χ1n) is 5.66. The van der Waals surface area contributed by atoms with Gasteiger partial charge >= 0.3 is 6.18 Å². The van der Waals surface area contributed by atoms with Gasteiger partial charge in [0.25, 0.3) is 0 Å². The van der Waals surface area contributed by atoms with Gasteiger partial charge < -0.3 is 15.8 Å². The Kier molecular flexibility index (Phi) is 5.62. The number of benzene rings is 1. The predicted molar refractivity (Wildman–Crippen MR) is 63.5 cm³/mol. The van der Waals surface area contributed by atoms with Gasteiger partial charge in [-0.2, -0.15) is 13.2 Å². The summed E-state index contributed by atoms with van der Waals surface area (Å²) in [7, 11) is 0. The van der Waals surface area contributed by atoms with Crippen LogP contribution in [0, 0.1) is 0 Å². The van der Waals surface area contributed by atoms with Crippen molar-refractivity contribution < 1.29 is 22.7 Å². The average Bonchev–Trinajstić information content (AvgIpc) is 2.34. The molecule has 0 heterocycles. The van der Waals surface area contributed by atoms with Gasteiger partial charge in [0, 0.05) is 19.5 Å². The molecule has 7 heteroatoms. The van der Waals surface area contributed by atoms with Gasteiger partial charge in [0.15, 0.2) is 6.61 Å². The van der Waals surface area contributed by atoms with Crippen LogP contribution in [-0.4, -0.2) is 25.2 Å². The van der Waals surface area contributed by atoms with Crippen LogP contribution in [0.5, 0.6) is 5.75 Å². The number of alkyl halides is 3. The maximum atomic E-state index is 12.0. The van der Waals surface area contributed by atoms with Crippen LogP contribution >= 0.6 is 0 Å². The van der Waals surface area contributed by atoms with Crippen LogP contribution in [0.1, 0.15) is 12.0 Å². The number of nitrogens with one attached hydrogen (secondary N) is 1. The number of hydrogen-bond acceptors (Lipinski definition) is 3. The smallest absolute Gasteiger partial charge is 0.422 e. The molecule has 0 atom stereocenters. The molecule has 0 spiro atoms. The molecule has 0 radical (unpaired) electrons. The van der Waals surface area contributed by atoms with Gasteiger partial charge in [-0.3, -0.25) is 4.79 Å². The number of ether oxygens (including phenoxy) is 1. The first kappa shape index (κ1) is 15.3. The summed E-state index contributed by atoms with van der Waals surface area (Å²) in [5.41, 5.74) is 5.87. The highest BCUT2D eigenvalue weighted by Gasteiger charge is 2.28. The Bertz CT molecular complexity index is 422. The summed E-state index contributed by atoms with van der Waals surface area (Å²) in [5, 5.41) is 2.60. The van der Waals surface area contributed by atoms with E-state index in [9.17, 15) is 18.0 Å². The largest absolute Gasteiger partial charge is 0.484 e. The molecule has 0 unspecified atom stereocenters. The normalized spacial score (nSPS) is 11.2. The molecule has 0 aliphatic rings. The second kappa shape index (κ2) is 6.98. The van der Waals surface area contributed by atoms with Crippen molar-refractivity contribution >= 4 is 5.91 Å². The third kappa shape index (κ3) is 6.66. The Hall–Kier alpha value is -1.76. The molecule has 0 aromatic heterocycles. The molecule has 1 aromatic rings. The molecule has 1 aromatic carbocycles. The van der Waals surface area contributed by atoms with Crippen molar-refractivity contribution in [2.75, 3.05) is 13.2 Å². The van der Waals surface area contributed by atoms with Crippen LogP contribution < -0.4 is 15.8 Å². The van der Waals surface area contributed by atoms with Crippen LogP contribution in [0.25, 0.3) is 0 Å². The van der Waals surface area contributed by atoms with Gasteiger partial charge in [-0.05, 0) is 17.7 Å². The van der Waals surface area contributed by atoms with Crippen molar-refractivity contribution in [2.24, 2.45) is 5.73 Å². The van der Waals surface area contributed by atoms with E-state index in [0.29, 0.717) is 5.56 Å². The molecule has 0 bridgehead atoms. The molecule has 19 heavy (non-hydrogen) atoms. The van der Waals surface area contributed by atoms with Crippen LogP contribution in [0.3, 0.4) is 0 Å². The minimum atomic E-state index is -4.37. The van der Waals surface area contributed by atoms with Gasteiger partial charge in [0.1, 0.15) is 5.75 Å². The lowest BCUT2D eigenvalue weighted by Gasteiger charge is -2.10. The SMILES string of the molecule is NCCC(=O)NCc1cccc(OCC(F)(F)F)c1. The Morgan fingerprint density at radius 2 is 2.11 bits per heavy atom. The summed E-state index contributed by atoms with van der Waals surface area (Å²) in [6.07, 6.45) is -4.16. The minimum absolute atomic E-state index is 0.114. The highest BCUT2D eigenvalue weighted by molar-refractivity contribution is 5.76. The standard InChI is InChI=1S/C12H15F3N2O2/c13-12(14,15)8-19-10-3-1-2-9(6-10)7-17-11(18)4-5-16/h1-3,6H,4-5,7-8,16H2,(H,17,18). The number of hydrogen-bond donors (Lipinski definition) is 2. The Morgan fingerprint density at radius 3 is 2.74 bits per heavy atom. The fraction of sp³-hybridized carbons (Fsp3) is 0.417. The number of nitrogens with two attached hydrogens (primary N) is 1. The van der Waals surface area contributed by atoms with Gasteiger partial charge in [0.2, 0.25) is 5.91 Å².